The van der Waals surface area contributed by atoms with Crippen LogP contribution in [0.2, 0.25) is 0 Å². The first kappa shape index (κ1) is 15.0. The van der Waals surface area contributed by atoms with E-state index in [0.29, 0.717) is 29.1 Å². The van der Waals surface area contributed by atoms with Gasteiger partial charge >= 0.3 is 5.97 Å². The molecule has 5 heteroatoms. The van der Waals surface area contributed by atoms with Gasteiger partial charge in [0.05, 0.1) is 22.8 Å². The number of esters is 1. The van der Waals surface area contributed by atoms with E-state index >= 15 is 0 Å². The monoisotopic (exact) mass is 296 g/mol. The third kappa shape index (κ3) is 2.35. The molecule has 4 nitrogen and oxygen atoms in total. The van der Waals surface area contributed by atoms with Crippen LogP contribution in [-0.2, 0) is 20.0 Å². The van der Waals surface area contributed by atoms with Crippen molar-refractivity contribution in [2.45, 2.75) is 44.4 Å². The first-order valence-corrected chi connectivity index (χ1v) is 8.40. The number of ether oxygens (including phenoxy) is 1. The molecule has 110 valence electrons. The summed E-state index contributed by atoms with van der Waals surface area (Å²) < 4.78 is 29.4. The first-order chi connectivity index (χ1) is 9.20. The van der Waals surface area contributed by atoms with Crippen molar-refractivity contribution in [3.8, 4) is 0 Å². The van der Waals surface area contributed by atoms with Gasteiger partial charge in [0.2, 0.25) is 0 Å². The van der Waals surface area contributed by atoms with Crippen LogP contribution < -0.4 is 0 Å². The Morgan fingerprint density at radius 1 is 1.35 bits per heavy atom. The van der Waals surface area contributed by atoms with Gasteiger partial charge < -0.3 is 4.74 Å². The summed E-state index contributed by atoms with van der Waals surface area (Å²) in [5.41, 5.74) is 1.67. The molecule has 0 bridgehead atoms. The number of carbonyl (C=O) groups is 1. The second kappa shape index (κ2) is 4.88. The largest absolute Gasteiger partial charge is 0.462 e. The van der Waals surface area contributed by atoms with E-state index in [1.807, 2.05) is 13.8 Å². The maximum absolute atomic E-state index is 12.2. The van der Waals surface area contributed by atoms with Crippen LogP contribution in [0.15, 0.2) is 17.0 Å². The van der Waals surface area contributed by atoms with Crippen LogP contribution in [0.1, 0.15) is 48.7 Å². The number of carbonyl (C=O) groups excluding carboxylic acids is 1. The minimum atomic E-state index is -3.24. The average molecular weight is 296 g/mol. The SMILES string of the molecule is CCOC(=O)c1ccc2c(c1C)C(C)(C)CCS2(=O)=O. The normalized spacial score (nSPS) is 19.2. The van der Waals surface area contributed by atoms with Crippen molar-refractivity contribution in [1.82, 2.24) is 0 Å². The van der Waals surface area contributed by atoms with Crippen LogP contribution in [0.5, 0.6) is 0 Å². The van der Waals surface area contributed by atoms with Gasteiger partial charge in [-0.3, -0.25) is 0 Å². The molecule has 0 saturated carbocycles. The average Bonchev–Trinajstić information content (AvgIpc) is 2.35. The van der Waals surface area contributed by atoms with Crippen LogP contribution in [0.25, 0.3) is 0 Å². The van der Waals surface area contributed by atoms with E-state index < -0.39 is 15.8 Å². The number of benzene rings is 1. The fourth-order valence-corrected chi connectivity index (χ4v) is 4.86. The van der Waals surface area contributed by atoms with Gasteiger partial charge in [0.25, 0.3) is 0 Å². The molecule has 0 unspecified atom stereocenters. The molecular weight excluding hydrogens is 276 g/mol. The predicted molar refractivity (Wildman–Crippen MR) is 76.8 cm³/mol. The highest BCUT2D eigenvalue weighted by Crippen LogP contribution is 2.41. The molecule has 0 N–H and O–H groups in total. The molecule has 0 spiro atoms. The highest BCUT2D eigenvalue weighted by atomic mass is 32.2. The van der Waals surface area contributed by atoms with E-state index in [2.05, 4.69) is 0 Å². The Kier molecular flexibility index (Phi) is 3.67. The predicted octanol–water partition coefficient (Wildman–Crippen LogP) is 2.63. The van der Waals surface area contributed by atoms with Crippen molar-refractivity contribution in [2.75, 3.05) is 12.4 Å². The summed E-state index contributed by atoms with van der Waals surface area (Å²) in [6, 6.07) is 3.11. The summed E-state index contributed by atoms with van der Waals surface area (Å²) in [5, 5.41) is 0. The van der Waals surface area contributed by atoms with Crippen molar-refractivity contribution < 1.29 is 17.9 Å². The lowest BCUT2D eigenvalue weighted by Gasteiger charge is -2.34. The van der Waals surface area contributed by atoms with Crippen LogP contribution in [0, 0.1) is 6.92 Å². The molecule has 0 radical (unpaired) electrons. The van der Waals surface area contributed by atoms with Crippen LogP contribution in [0.4, 0.5) is 0 Å². The maximum atomic E-state index is 12.2. The van der Waals surface area contributed by atoms with E-state index in [1.54, 1.807) is 26.0 Å². The summed E-state index contributed by atoms with van der Waals surface area (Å²) in [4.78, 5) is 12.3. The van der Waals surface area contributed by atoms with E-state index in [-0.39, 0.29) is 11.2 Å². The van der Waals surface area contributed by atoms with E-state index in [0.717, 1.165) is 5.56 Å². The van der Waals surface area contributed by atoms with Gasteiger partial charge in [0.1, 0.15) is 0 Å². The standard InChI is InChI=1S/C15H20O4S/c1-5-19-14(16)11-6-7-12-13(10(11)2)15(3,4)8-9-20(12,17)18/h6-7H,5,8-9H2,1-4H3. The minimum absolute atomic E-state index is 0.158. The van der Waals surface area contributed by atoms with Gasteiger partial charge in [-0.2, -0.15) is 0 Å². The minimum Gasteiger partial charge on any atom is -0.462 e. The van der Waals surface area contributed by atoms with Gasteiger partial charge in [-0.1, -0.05) is 13.8 Å². The van der Waals surface area contributed by atoms with E-state index in [1.165, 1.54) is 0 Å². The second-order valence-electron chi connectivity index (χ2n) is 5.78. The highest BCUT2D eigenvalue weighted by Gasteiger charge is 2.37. The lowest BCUT2D eigenvalue weighted by atomic mass is 9.78. The van der Waals surface area contributed by atoms with E-state index in [9.17, 15) is 13.2 Å². The topological polar surface area (TPSA) is 60.4 Å². The fraction of sp³-hybridized carbons (Fsp3) is 0.533. The molecular formula is C15H20O4S. The van der Waals surface area contributed by atoms with Crippen LogP contribution in [-0.4, -0.2) is 26.7 Å². The molecule has 0 fully saturated rings. The second-order valence-corrected chi connectivity index (χ2v) is 7.86. The number of sulfone groups is 1. The molecule has 1 heterocycles. The lowest BCUT2D eigenvalue weighted by Crippen LogP contribution is -2.32. The Bertz CT molecular complexity index is 657. The van der Waals surface area contributed by atoms with Gasteiger partial charge in [0.15, 0.2) is 9.84 Å². The molecule has 1 aromatic rings. The summed E-state index contributed by atoms with van der Waals surface area (Å²) >= 11 is 0. The van der Waals surface area contributed by atoms with E-state index in [4.69, 9.17) is 4.74 Å². The maximum Gasteiger partial charge on any atom is 0.338 e. The van der Waals surface area contributed by atoms with Crippen molar-refractivity contribution in [3.63, 3.8) is 0 Å². The third-order valence-electron chi connectivity index (χ3n) is 3.93. The molecule has 0 aromatic heterocycles. The molecule has 20 heavy (non-hydrogen) atoms. The molecule has 0 amide bonds. The zero-order chi connectivity index (χ0) is 15.1. The number of rotatable bonds is 2. The highest BCUT2D eigenvalue weighted by molar-refractivity contribution is 7.91. The Balaban J connectivity index is 2.70. The van der Waals surface area contributed by atoms with Crippen LogP contribution >= 0.6 is 0 Å². The van der Waals surface area contributed by atoms with Crippen molar-refractivity contribution >= 4 is 15.8 Å². The molecule has 1 aliphatic rings. The lowest BCUT2D eigenvalue weighted by molar-refractivity contribution is 0.0525. The number of fused-ring (bicyclic) bond motifs is 1. The first-order valence-electron chi connectivity index (χ1n) is 6.74. The zero-order valence-electron chi connectivity index (χ0n) is 12.3. The molecule has 0 saturated heterocycles. The summed E-state index contributed by atoms with van der Waals surface area (Å²) in [7, 11) is -3.24. The molecule has 2 rings (SSSR count). The van der Waals surface area contributed by atoms with Gasteiger partial charge in [-0.25, -0.2) is 13.2 Å². The van der Waals surface area contributed by atoms with Crippen LogP contribution in [0.3, 0.4) is 0 Å². The number of hydrogen-bond acceptors (Lipinski definition) is 4. The third-order valence-corrected chi connectivity index (χ3v) is 5.68. The Morgan fingerprint density at radius 2 is 2.00 bits per heavy atom. The van der Waals surface area contributed by atoms with Crippen molar-refractivity contribution in [2.24, 2.45) is 0 Å². The Labute approximate surface area is 120 Å². The van der Waals surface area contributed by atoms with Gasteiger partial charge in [-0.05, 0) is 48.9 Å². The summed E-state index contributed by atoms with van der Waals surface area (Å²) in [6.07, 6.45) is 0.565. The van der Waals surface area contributed by atoms with Gasteiger partial charge in [-0.15, -0.1) is 0 Å². The van der Waals surface area contributed by atoms with Crippen molar-refractivity contribution in [3.05, 3.63) is 28.8 Å². The molecule has 0 atom stereocenters. The Morgan fingerprint density at radius 3 is 2.60 bits per heavy atom. The Hall–Kier alpha value is -1.36. The summed E-state index contributed by atoms with van der Waals surface area (Å²) in [6.45, 7) is 7.88. The summed E-state index contributed by atoms with van der Waals surface area (Å²) in [5.74, 6) is -0.239. The quantitative estimate of drug-likeness (QED) is 0.787. The van der Waals surface area contributed by atoms with Crippen molar-refractivity contribution in [1.29, 1.82) is 0 Å². The smallest absolute Gasteiger partial charge is 0.338 e. The zero-order valence-corrected chi connectivity index (χ0v) is 13.1. The molecule has 1 aliphatic heterocycles. The number of hydrogen-bond donors (Lipinski definition) is 0. The molecule has 1 aromatic carbocycles. The fourth-order valence-electron chi connectivity index (χ4n) is 2.84. The van der Waals surface area contributed by atoms with Gasteiger partial charge in [0, 0.05) is 0 Å². The molecule has 0 aliphatic carbocycles.